The number of hydrogen-bond donors (Lipinski definition) is 9. The molecular formula is C57H109NO13. The molecule has 12 unspecified atom stereocenters. The van der Waals surface area contributed by atoms with Gasteiger partial charge in [-0.25, -0.2) is 0 Å². The molecule has 2 aliphatic heterocycles. The van der Waals surface area contributed by atoms with E-state index in [0.717, 1.165) is 51.4 Å². The average Bonchev–Trinajstić information content (AvgIpc) is 3.37. The lowest BCUT2D eigenvalue weighted by Crippen LogP contribution is -2.65. The predicted molar refractivity (Wildman–Crippen MR) is 282 cm³/mol. The van der Waals surface area contributed by atoms with Crippen LogP contribution in [0.3, 0.4) is 0 Å². The van der Waals surface area contributed by atoms with Crippen molar-refractivity contribution in [2.45, 2.75) is 325 Å². The van der Waals surface area contributed by atoms with Crippen LogP contribution in [0.1, 0.15) is 251 Å². The molecule has 2 saturated heterocycles. The van der Waals surface area contributed by atoms with Gasteiger partial charge in [0.05, 0.1) is 32.0 Å². The van der Waals surface area contributed by atoms with Crippen LogP contribution in [-0.2, 0) is 23.7 Å². The molecule has 14 nitrogen and oxygen atoms in total. The smallest absolute Gasteiger partial charge is 0.220 e. The zero-order chi connectivity index (χ0) is 51.7. The van der Waals surface area contributed by atoms with Crippen LogP contribution in [0.4, 0.5) is 0 Å². The summed E-state index contributed by atoms with van der Waals surface area (Å²) in [6, 6.07) is -0.906. The van der Waals surface area contributed by atoms with Crippen molar-refractivity contribution >= 4 is 5.91 Å². The predicted octanol–water partition coefficient (Wildman–Crippen LogP) is 9.50. The third-order valence-corrected chi connectivity index (χ3v) is 14.7. The van der Waals surface area contributed by atoms with Crippen LogP contribution in [-0.4, -0.2) is 140 Å². The molecule has 12 atom stereocenters. The van der Waals surface area contributed by atoms with Gasteiger partial charge in [-0.2, -0.15) is 0 Å². The van der Waals surface area contributed by atoms with E-state index in [0.29, 0.717) is 6.42 Å². The lowest BCUT2D eigenvalue weighted by molar-refractivity contribution is -0.359. The Morgan fingerprint density at radius 2 is 0.873 bits per heavy atom. The zero-order valence-corrected chi connectivity index (χ0v) is 45.0. The highest BCUT2D eigenvalue weighted by molar-refractivity contribution is 5.76. The van der Waals surface area contributed by atoms with E-state index in [1.54, 1.807) is 6.08 Å². The largest absolute Gasteiger partial charge is 0.394 e. The fourth-order valence-electron chi connectivity index (χ4n) is 9.94. The Morgan fingerprint density at radius 1 is 0.493 bits per heavy atom. The van der Waals surface area contributed by atoms with Crippen molar-refractivity contribution in [2.24, 2.45) is 0 Å². The fourth-order valence-corrected chi connectivity index (χ4v) is 9.94. The summed E-state index contributed by atoms with van der Waals surface area (Å²) in [6.45, 7) is 2.75. The summed E-state index contributed by atoms with van der Waals surface area (Å²) in [7, 11) is 0. The number of carbonyl (C=O) groups is 1. The number of rotatable bonds is 47. The second kappa shape index (κ2) is 43.9. The molecule has 71 heavy (non-hydrogen) atoms. The Hall–Kier alpha value is -1.27. The summed E-state index contributed by atoms with van der Waals surface area (Å²) in [4.78, 5) is 13.2. The molecule has 2 fully saturated rings. The normalized spacial score (nSPS) is 25.8. The molecular weight excluding hydrogens is 907 g/mol. The Balaban J connectivity index is 1.58. The lowest BCUT2D eigenvalue weighted by atomic mass is 9.97. The molecule has 0 spiro atoms. The van der Waals surface area contributed by atoms with Gasteiger partial charge < -0.3 is 65.1 Å². The summed E-state index contributed by atoms with van der Waals surface area (Å²) < 4.78 is 22.6. The summed E-state index contributed by atoms with van der Waals surface area (Å²) in [5.41, 5.74) is 0. The Kier molecular flexibility index (Phi) is 40.7. The molecule has 0 aromatic carbocycles. The van der Waals surface area contributed by atoms with Crippen molar-refractivity contribution in [3.8, 4) is 0 Å². The number of hydrogen-bond acceptors (Lipinski definition) is 13. The van der Waals surface area contributed by atoms with Gasteiger partial charge >= 0.3 is 0 Å². The van der Waals surface area contributed by atoms with Crippen LogP contribution < -0.4 is 5.32 Å². The number of aliphatic hydroxyl groups is 8. The quantitative estimate of drug-likeness (QED) is 0.0205. The van der Waals surface area contributed by atoms with E-state index in [1.807, 2.05) is 6.08 Å². The molecule has 1 amide bonds. The minimum atomic E-state index is -1.78. The molecule has 0 saturated carbocycles. The van der Waals surface area contributed by atoms with Crippen molar-refractivity contribution in [3.05, 3.63) is 12.2 Å². The van der Waals surface area contributed by atoms with Crippen molar-refractivity contribution in [1.82, 2.24) is 5.32 Å². The van der Waals surface area contributed by atoms with Crippen LogP contribution in [0, 0.1) is 0 Å². The molecule has 0 aliphatic carbocycles. The molecule has 0 aromatic heterocycles. The van der Waals surface area contributed by atoms with Crippen molar-refractivity contribution < 1.29 is 64.6 Å². The van der Waals surface area contributed by atoms with Gasteiger partial charge in [-0.05, 0) is 19.3 Å². The van der Waals surface area contributed by atoms with Gasteiger partial charge in [0.25, 0.3) is 0 Å². The van der Waals surface area contributed by atoms with E-state index in [-0.39, 0.29) is 18.9 Å². The van der Waals surface area contributed by atoms with E-state index in [1.165, 1.54) is 173 Å². The van der Waals surface area contributed by atoms with E-state index < -0.39 is 86.8 Å². The van der Waals surface area contributed by atoms with Gasteiger partial charge in [-0.1, -0.05) is 238 Å². The van der Waals surface area contributed by atoms with E-state index in [4.69, 9.17) is 18.9 Å². The minimum Gasteiger partial charge on any atom is -0.394 e. The van der Waals surface area contributed by atoms with Crippen LogP contribution in [0.25, 0.3) is 0 Å². The monoisotopic (exact) mass is 1020 g/mol. The molecule has 0 bridgehead atoms. The summed E-state index contributed by atoms with van der Waals surface area (Å²) in [5, 5.41) is 86.6. The third-order valence-electron chi connectivity index (χ3n) is 14.7. The number of ether oxygens (including phenoxy) is 4. The third kappa shape index (κ3) is 30.2. The molecule has 2 rings (SSSR count). The SMILES string of the molecule is CCCCCCC/C=C/C(O)C(COC1OC(CO)C(OC2OC(CO)C(O)C(O)C2O)C(O)C1O)NC(=O)CCCCCCCCCCCCCCCCCCCCCCCCCCCCCCCC. The van der Waals surface area contributed by atoms with Crippen molar-refractivity contribution in [2.75, 3.05) is 19.8 Å². The van der Waals surface area contributed by atoms with Crippen molar-refractivity contribution in [3.63, 3.8) is 0 Å². The van der Waals surface area contributed by atoms with Crippen molar-refractivity contribution in [1.29, 1.82) is 0 Å². The molecule has 0 radical (unpaired) electrons. The second-order valence-electron chi connectivity index (χ2n) is 21.1. The Bertz CT molecular complexity index is 1240. The van der Waals surface area contributed by atoms with Crippen LogP contribution >= 0.6 is 0 Å². The first kappa shape index (κ1) is 65.8. The van der Waals surface area contributed by atoms with E-state index >= 15 is 0 Å². The first-order chi connectivity index (χ1) is 34.6. The van der Waals surface area contributed by atoms with E-state index in [2.05, 4.69) is 19.2 Å². The molecule has 2 heterocycles. The summed E-state index contributed by atoms with van der Waals surface area (Å²) in [6.07, 6.45) is 33.2. The van der Waals surface area contributed by atoms with Crippen LogP contribution in [0.5, 0.6) is 0 Å². The first-order valence-electron chi connectivity index (χ1n) is 29.4. The maximum Gasteiger partial charge on any atom is 0.220 e. The van der Waals surface area contributed by atoms with Crippen LogP contribution in [0.2, 0.25) is 0 Å². The van der Waals surface area contributed by atoms with Gasteiger partial charge in [0.1, 0.15) is 48.8 Å². The van der Waals surface area contributed by atoms with Gasteiger partial charge in [0.2, 0.25) is 5.91 Å². The van der Waals surface area contributed by atoms with Gasteiger partial charge in [-0.3, -0.25) is 4.79 Å². The molecule has 9 N–H and O–H groups in total. The topological polar surface area (TPSA) is 228 Å². The number of nitrogens with one attached hydrogen (secondary N) is 1. The van der Waals surface area contributed by atoms with Gasteiger partial charge in [-0.15, -0.1) is 0 Å². The van der Waals surface area contributed by atoms with Gasteiger partial charge in [0.15, 0.2) is 12.6 Å². The molecule has 0 aromatic rings. The molecule has 14 heteroatoms. The minimum absolute atomic E-state index is 0.239. The number of unbranched alkanes of at least 4 members (excludes halogenated alkanes) is 34. The lowest BCUT2D eigenvalue weighted by Gasteiger charge is -2.46. The molecule has 420 valence electrons. The number of carbonyl (C=O) groups excluding carboxylic acids is 1. The number of amides is 1. The highest BCUT2D eigenvalue weighted by atomic mass is 16.7. The Morgan fingerprint density at radius 3 is 1.30 bits per heavy atom. The summed E-state index contributed by atoms with van der Waals surface area (Å²) >= 11 is 0. The van der Waals surface area contributed by atoms with Crippen LogP contribution in [0.15, 0.2) is 12.2 Å². The highest BCUT2D eigenvalue weighted by Crippen LogP contribution is 2.30. The van der Waals surface area contributed by atoms with E-state index in [9.17, 15) is 45.6 Å². The highest BCUT2D eigenvalue weighted by Gasteiger charge is 2.51. The maximum atomic E-state index is 13.2. The first-order valence-corrected chi connectivity index (χ1v) is 29.4. The standard InChI is InChI=1S/C57H109NO13/c1-3-5-7-9-11-12-13-14-15-16-17-18-19-20-21-22-23-24-25-26-27-28-29-30-31-32-33-35-37-39-41-49(62)58-45(46(61)40-38-36-34-10-8-6-4-2)44-68-56-54(67)52(65)55(48(43-60)70-56)71-57-53(66)51(64)50(63)47(42-59)69-57/h38,40,45-48,50-57,59-61,63-67H,3-37,39,41-44H2,1-2H3,(H,58,62)/b40-38+. The maximum absolute atomic E-state index is 13.2. The number of allylic oxidation sites excluding steroid dienone is 1. The zero-order valence-electron chi connectivity index (χ0n) is 45.0. The Labute approximate surface area is 431 Å². The average molecular weight is 1020 g/mol. The fraction of sp³-hybridized carbons (Fsp3) is 0.947. The molecule has 2 aliphatic rings. The number of aliphatic hydroxyl groups excluding tert-OH is 8. The van der Waals surface area contributed by atoms with Gasteiger partial charge in [0, 0.05) is 6.42 Å². The second-order valence-corrected chi connectivity index (χ2v) is 21.1. The summed E-state index contributed by atoms with van der Waals surface area (Å²) in [5.74, 6) is -0.239.